The third kappa shape index (κ3) is 4.80. The summed E-state index contributed by atoms with van der Waals surface area (Å²) in [5.74, 6) is 0.894. The summed E-state index contributed by atoms with van der Waals surface area (Å²) in [5, 5.41) is 11.6. The maximum atomic E-state index is 13.0. The van der Waals surface area contributed by atoms with Crippen molar-refractivity contribution in [3.8, 4) is 5.75 Å². The Balaban J connectivity index is 1.58. The number of nitrogens with zero attached hydrogens (tertiary/aromatic N) is 3. The minimum absolute atomic E-state index is 0.0989. The van der Waals surface area contributed by atoms with Gasteiger partial charge in [-0.05, 0) is 34.9 Å². The van der Waals surface area contributed by atoms with E-state index in [1.165, 1.54) is 11.8 Å². The standard InChI is InChI=1S/C25H25N3O2S/c1-3-7-23-24(29)28(17-18-12-14-21(30-2)15-13-18)25(31-23)27-26-16-20-10-6-9-19-8-4-5-11-22(19)20/h4-6,8-16,23H,3,7,17H2,1-2H3/b26-16-,27-25+/t23-/m0/s1. The number of methoxy groups -OCH3 is 1. The van der Waals surface area contributed by atoms with Gasteiger partial charge >= 0.3 is 0 Å². The first-order chi connectivity index (χ1) is 15.2. The molecule has 3 aromatic carbocycles. The van der Waals surface area contributed by atoms with Gasteiger partial charge in [-0.1, -0.05) is 79.7 Å². The molecule has 1 saturated heterocycles. The molecule has 31 heavy (non-hydrogen) atoms. The fourth-order valence-corrected chi connectivity index (χ4v) is 4.81. The molecule has 0 saturated carbocycles. The van der Waals surface area contributed by atoms with Crippen LogP contribution in [0.5, 0.6) is 5.75 Å². The SMILES string of the molecule is CCC[C@@H]1S/C(=N/N=C\c2cccc3ccccc23)N(Cc2ccc(OC)cc2)C1=O. The largest absolute Gasteiger partial charge is 0.497 e. The van der Waals surface area contributed by atoms with E-state index in [4.69, 9.17) is 4.74 Å². The molecule has 1 atom stereocenters. The fourth-order valence-electron chi connectivity index (χ4n) is 3.59. The van der Waals surface area contributed by atoms with E-state index < -0.39 is 0 Å². The summed E-state index contributed by atoms with van der Waals surface area (Å²) in [5.41, 5.74) is 2.03. The molecule has 0 N–H and O–H groups in total. The second kappa shape index (κ2) is 9.79. The van der Waals surface area contributed by atoms with Crippen molar-refractivity contribution in [1.82, 2.24) is 4.90 Å². The van der Waals surface area contributed by atoms with E-state index in [0.29, 0.717) is 11.7 Å². The van der Waals surface area contributed by atoms with Gasteiger partial charge in [-0.15, -0.1) is 5.10 Å². The number of carbonyl (C=O) groups excluding carboxylic acids is 1. The quantitative estimate of drug-likeness (QED) is 0.368. The van der Waals surface area contributed by atoms with Crippen LogP contribution in [0.3, 0.4) is 0 Å². The van der Waals surface area contributed by atoms with Crippen LogP contribution in [0.25, 0.3) is 10.8 Å². The molecule has 5 nitrogen and oxygen atoms in total. The van der Waals surface area contributed by atoms with Gasteiger partial charge in [0, 0.05) is 5.56 Å². The Morgan fingerprint density at radius 1 is 1.06 bits per heavy atom. The van der Waals surface area contributed by atoms with Crippen molar-refractivity contribution in [2.24, 2.45) is 10.2 Å². The molecular weight excluding hydrogens is 406 g/mol. The Hall–Kier alpha value is -3.12. The van der Waals surface area contributed by atoms with Gasteiger partial charge in [-0.25, -0.2) is 0 Å². The maximum absolute atomic E-state index is 13.0. The third-order valence-electron chi connectivity index (χ3n) is 5.23. The number of hydrogen-bond donors (Lipinski definition) is 0. The van der Waals surface area contributed by atoms with Gasteiger partial charge in [0.15, 0.2) is 5.17 Å². The number of carbonyl (C=O) groups is 1. The predicted octanol–water partition coefficient (Wildman–Crippen LogP) is 5.48. The number of ether oxygens (including phenoxy) is 1. The molecule has 1 fully saturated rings. The van der Waals surface area contributed by atoms with Gasteiger partial charge in [-0.3, -0.25) is 9.69 Å². The Labute approximate surface area is 186 Å². The van der Waals surface area contributed by atoms with E-state index in [1.54, 1.807) is 18.2 Å². The van der Waals surface area contributed by atoms with Gasteiger partial charge in [0.1, 0.15) is 5.75 Å². The lowest BCUT2D eigenvalue weighted by molar-refractivity contribution is -0.126. The van der Waals surface area contributed by atoms with Gasteiger partial charge < -0.3 is 4.74 Å². The zero-order valence-corrected chi connectivity index (χ0v) is 18.5. The highest BCUT2D eigenvalue weighted by atomic mass is 32.2. The van der Waals surface area contributed by atoms with Crippen LogP contribution in [0.4, 0.5) is 0 Å². The van der Waals surface area contributed by atoms with Crippen LogP contribution >= 0.6 is 11.8 Å². The summed E-state index contributed by atoms with van der Waals surface area (Å²) in [6.07, 6.45) is 3.54. The highest BCUT2D eigenvalue weighted by Gasteiger charge is 2.37. The van der Waals surface area contributed by atoms with Gasteiger partial charge in [-0.2, -0.15) is 5.10 Å². The lowest BCUT2D eigenvalue weighted by atomic mass is 10.1. The zero-order chi connectivity index (χ0) is 21.6. The Morgan fingerprint density at radius 2 is 1.84 bits per heavy atom. The molecule has 158 valence electrons. The fraction of sp³-hybridized carbons (Fsp3) is 0.240. The van der Waals surface area contributed by atoms with Crippen molar-refractivity contribution in [2.45, 2.75) is 31.6 Å². The summed E-state index contributed by atoms with van der Waals surface area (Å²) in [7, 11) is 1.64. The average molecular weight is 432 g/mol. The number of fused-ring (bicyclic) bond motifs is 1. The van der Waals surface area contributed by atoms with Crippen LogP contribution in [0.2, 0.25) is 0 Å². The molecule has 1 amide bonds. The number of benzene rings is 3. The topological polar surface area (TPSA) is 54.3 Å². The van der Waals surface area contributed by atoms with Gasteiger partial charge in [0.25, 0.3) is 0 Å². The molecule has 3 aromatic rings. The van der Waals surface area contributed by atoms with E-state index in [-0.39, 0.29) is 11.2 Å². The number of hydrogen-bond acceptors (Lipinski definition) is 5. The maximum Gasteiger partial charge on any atom is 0.242 e. The molecule has 6 heteroatoms. The molecular formula is C25H25N3O2S. The second-order valence-electron chi connectivity index (χ2n) is 7.36. The minimum atomic E-state index is -0.102. The van der Waals surface area contributed by atoms with Crippen molar-refractivity contribution in [2.75, 3.05) is 7.11 Å². The van der Waals surface area contributed by atoms with Gasteiger partial charge in [0.2, 0.25) is 5.91 Å². The van der Waals surface area contributed by atoms with Crippen LogP contribution in [0.1, 0.15) is 30.9 Å². The molecule has 1 aliphatic heterocycles. The summed E-state index contributed by atoms with van der Waals surface area (Å²) in [6, 6.07) is 22.1. The highest BCUT2D eigenvalue weighted by Crippen LogP contribution is 2.32. The monoisotopic (exact) mass is 431 g/mol. The molecule has 1 heterocycles. The normalized spacial score (nSPS) is 17.9. The molecule has 0 aliphatic carbocycles. The Morgan fingerprint density at radius 3 is 2.61 bits per heavy atom. The van der Waals surface area contributed by atoms with Crippen LogP contribution < -0.4 is 4.74 Å². The van der Waals surface area contributed by atoms with E-state index in [1.807, 2.05) is 48.5 Å². The first-order valence-corrected chi connectivity index (χ1v) is 11.3. The summed E-state index contributed by atoms with van der Waals surface area (Å²) in [6.45, 7) is 2.56. The number of rotatable bonds is 7. The molecule has 1 aliphatic rings. The lowest BCUT2D eigenvalue weighted by Gasteiger charge is -2.16. The van der Waals surface area contributed by atoms with Crippen molar-refractivity contribution in [1.29, 1.82) is 0 Å². The van der Waals surface area contributed by atoms with E-state index in [0.717, 1.165) is 40.5 Å². The van der Waals surface area contributed by atoms with E-state index in [9.17, 15) is 4.79 Å². The van der Waals surface area contributed by atoms with Crippen LogP contribution in [0, 0.1) is 0 Å². The van der Waals surface area contributed by atoms with E-state index >= 15 is 0 Å². The summed E-state index contributed by atoms with van der Waals surface area (Å²) in [4.78, 5) is 14.7. The van der Waals surface area contributed by atoms with Crippen LogP contribution in [-0.4, -0.2) is 34.5 Å². The van der Waals surface area contributed by atoms with Crippen LogP contribution in [-0.2, 0) is 11.3 Å². The Bertz CT molecular complexity index is 1120. The van der Waals surface area contributed by atoms with Crippen LogP contribution in [0.15, 0.2) is 76.9 Å². The molecule has 0 bridgehead atoms. The number of amides is 1. The molecule has 0 spiro atoms. The Kier molecular flexibility index (Phi) is 6.67. The van der Waals surface area contributed by atoms with E-state index in [2.05, 4.69) is 35.3 Å². The highest BCUT2D eigenvalue weighted by molar-refractivity contribution is 8.15. The zero-order valence-electron chi connectivity index (χ0n) is 17.7. The number of thioether (sulfide) groups is 1. The summed E-state index contributed by atoms with van der Waals surface area (Å²) < 4.78 is 5.23. The second-order valence-corrected chi connectivity index (χ2v) is 8.53. The minimum Gasteiger partial charge on any atom is -0.497 e. The predicted molar refractivity (Wildman–Crippen MR) is 129 cm³/mol. The third-order valence-corrected chi connectivity index (χ3v) is 6.47. The molecule has 4 rings (SSSR count). The number of amidine groups is 1. The molecule has 0 unspecified atom stereocenters. The first kappa shape index (κ1) is 21.1. The lowest BCUT2D eigenvalue weighted by Crippen LogP contribution is -2.31. The summed E-state index contributed by atoms with van der Waals surface area (Å²) >= 11 is 1.51. The van der Waals surface area contributed by atoms with Crippen molar-refractivity contribution in [3.63, 3.8) is 0 Å². The smallest absolute Gasteiger partial charge is 0.242 e. The van der Waals surface area contributed by atoms with Crippen molar-refractivity contribution < 1.29 is 9.53 Å². The van der Waals surface area contributed by atoms with Crippen molar-refractivity contribution in [3.05, 3.63) is 77.9 Å². The first-order valence-electron chi connectivity index (χ1n) is 10.4. The average Bonchev–Trinajstić information content (AvgIpc) is 3.09. The molecule has 0 aromatic heterocycles. The molecule has 0 radical (unpaired) electrons. The van der Waals surface area contributed by atoms with Crippen molar-refractivity contribution >= 4 is 39.8 Å². The van der Waals surface area contributed by atoms with Gasteiger partial charge in [0.05, 0.1) is 25.1 Å².